The zero-order valence-corrected chi connectivity index (χ0v) is 31.0. The Hall–Kier alpha value is -5.10. The van der Waals surface area contributed by atoms with Gasteiger partial charge in [0.25, 0.3) is 0 Å². The van der Waals surface area contributed by atoms with E-state index in [1.54, 1.807) is 23.5 Å². The van der Waals surface area contributed by atoms with Crippen molar-refractivity contribution in [3.63, 3.8) is 0 Å². The van der Waals surface area contributed by atoms with Crippen LogP contribution in [-0.2, 0) is 11.0 Å². The summed E-state index contributed by atoms with van der Waals surface area (Å²) < 4.78 is 38.6. The highest BCUT2D eigenvalue weighted by Crippen LogP contribution is 2.61. The van der Waals surface area contributed by atoms with E-state index in [1.165, 1.54) is 15.9 Å². The predicted molar refractivity (Wildman–Crippen MR) is 215 cm³/mol. The smallest absolute Gasteiger partial charge is 0.178 e. The summed E-state index contributed by atoms with van der Waals surface area (Å²) in [6.45, 7) is 4.21. The van der Waals surface area contributed by atoms with Crippen LogP contribution in [0.25, 0.3) is 28.0 Å². The molecule has 1 aliphatic heterocycles. The fourth-order valence-corrected chi connectivity index (χ4v) is 10.2. The highest BCUT2D eigenvalue weighted by atomic mass is 32.2. The van der Waals surface area contributed by atoms with Crippen LogP contribution in [0.2, 0.25) is 0 Å². The van der Waals surface area contributed by atoms with E-state index in [4.69, 9.17) is 4.74 Å². The van der Waals surface area contributed by atoms with E-state index in [9.17, 15) is 0 Å². The molecule has 9 rings (SSSR count). The van der Waals surface area contributed by atoms with E-state index in [2.05, 4.69) is 135 Å². The first kappa shape index (κ1) is 33.7. The zero-order chi connectivity index (χ0) is 36.2. The normalized spacial score (nSPS) is 14.7. The van der Waals surface area contributed by atoms with E-state index in [0.717, 1.165) is 60.2 Å². The van der Waals surface area contributed by atoms with Gasteiger partial charge in [-0.15, -0.1) is 0 Å². The summed E-state index contributed by atoms with van der Waals surface area (Å²) in [5.41, 5.74) is 4.48. The average molecular weight is 731 g/mol. The Balaban J connectivity index is 1.24. The third-order valence-corrected chi connectivity index (χ3v) is 13.0. The Kier molecular flexibility index (Phi) is 8.52. The summed E-state index contributed by atoms with van der Waals surface area (Å²) in [6.07, 6.45) is 5.68. The number of hydrogen-bond donors (Lipinski definition) is 0. The van der Waals surface area contributed by atoms with Crippen molar-refractivity contribution in [1.29, 1.82) is 0 Å². The minimum atomic E-state index is -0.959. The average Bonchev–Trinajstić information content (AvgIpc) is 3.50. The van der Waals surface area contributed by atoms with Crippen LogP contribution in [0.1, 0.15) is 54.5 Å². The Morgan fingerprint density at radius 1 is 0.566 bits per heavy atom. The zero-order valence-electron chi connectivity index (χ0n) is 29.4. The van der Waals surface area contributed by atoms with Crippen LogP contribution in [0.5, 0.6) is 5.75 Å². The van der Waals surface area contributed by atoms with Gasteiger partial charge in [-0.05, 0) is 95.6 Å². The fourth-order valence-electron chi connectivity index (χ4n) is 8.48. The van der Waals surface area contributed by atoms with Crippen LogP contribution in [0.4, 0.5) is 8.78 Å². The first-order chi connectivity index (χ1) is 25.9. The molecule has 0 atom stereocenters. The van der Waals surface area contributed by atoms with Gasteiger partial charge in [0, 0.05) is 58.7 Å². The molecule has 0 spiro atoms. The molecule has 0 radical (unpaired) electrons. The van der Waals surface area contributed by atoms with E-state index in [-0.39, 0.29) is 0 Å². The van der Waals surface area contributed by atoms with Crippen LogP contribution in [-0.4, -0.2) is 0 Å². The predicted octanol–water partition coefficient (Wildman–Crippen LogP) is 13.9. The van der Waals surface area contributed by atoms with Gasteiger partial charge in [-0.3, -0.25) is 0 Å². The highest BCUT2D eigenvalue weighted by Gasteiger charge is 2.48. The van der Waals surface area contributed by atoms with E-state index >= 15 is 8.78 Å². The standard InChI is InChI=1S/C48H36F2OS2/c1-3-47(4-2)44-41(29-33(49)30-42(44)50)43-38-17-11-12-18-39(38)46-40(45(43)47)27-28-48(51-46,31-19-23-36(24-20-31)52-34-13-7-5-8-14-34)32-21-25-37(26-22-32)53-35-15-9-6-10-16-35/h5-30H,3-4H2,1-2H3. The maximum Gasteiger partial charge on any atom is 0.178 e. The Bertz CT molecular complexity index is 2420. The lowest BCUT2D eigenvalue weighted by atomic mass is 9.71. The SMILES string of the molecule is CCC1(CC)c2c(F)cc(F)cc2-c2c1c1c(c3ccccc23)OC(c2ccc(Sc3ccccc3)cc2)(c2ccc(Sc3ccccc3)cc2)C=C1. The van der Waals surface area contributed by atoms with Gasteiger partial charge in [0.15, 0.2) is 5.60 Å². The summed E-state index contributed by atoms with van der Waals surface area (Å²) in [7, 11) is 0. The van der Waals surface area contributed by atoms with Crippen LogP contribution >= 0.6 is 23.5 Å². The third kappa shape index (κ3) is 5.52. The second-order valence-electron chi connectivity index (χ2n) is 13.7. The third-order valence-electron chi connectivity index (χ3n) is 11.0. The molecule has 53 heavy (non-hydrogen) atoms. The molecule has 260 valence electrons. The van der Waals surface area contributed by atoms with Gasteiger partial charge in [0.05, 0.1) is 0 Å². The second-order valence-corrected chi connectivity index (χ2v) is 16.0. The molecule has 0 bridgehead atoms. The molecule has 0 amide bonds. The van der Waals surface area contributed by atoms with Crippen molar-refractivity contribution in [2.24, 2.45) is 0 Å². The van der Waals surface area contributed by atoms with Gasteiger partial charge in [0.1, 0.15) is 17.4 Å². The van der Waals surface area contributed by atoms with Crippen LogP contribution in [0, 0.1) is 11.6 Å². The van der Waals surface area contributed by atoms with Gasteiger partial charge >= 0.3 is 0 Å². The number of hydrogen-bond acceptors (Lipinski definition) is 3. The quantitative estimate of drug-likeness (QED) is 0.154. The molecule has 5 heteroatoms. The molecular weight excluding hydrogens is 695 g/mol. The van der Waals surface area contributed by atoms with Gasteiger partial charge < -0.3 is 4.74 Å². The number of halogens is 2. The highest BCUT2D eigenvalue weighted by molar-refractivity contribution is 7.99. The van der Waals surface area contributed by atoms with Gasteiger partial charge in [-0.1, -0.05) is 128 Å². The van der Waals surface area contributed by atoms with E-state index < -0.39 is 22.7 Å². The van der Waals surface area contributed by atoms with Crippen molar-refractivity contribution in [2.45, 2.75) is 57.3 Å². The molecule has 1 nitrogen and oxygen atoms in total. The van der Waals surface area contributed by atoms with Crippen LogP contribution in [0.15, 0.2) is 171 Å². The van der Waals surface area contributed by atoms with Gasteiger partial charge in [0.2, 0.25) is 0 Å². The largest absolute Gasteiger partial charge is 0.472 e. The number of fused-ring (bicyclic) bond motifs is 8. The maximum atomic E-state index is 16.0. The summed E-state index contributed by atoms with van der Waals surface area (Å²) >= 11 is 3.45. The Morgan fingerprint density at radius 3 is 1.62 bits per heavy atom. The molecule has 7 aromatic rings. The number of ether oxygens (including phenoxy) is 1. The van der Waals surface area contributed by atoms with Gasteiger partial charge in [-0.2, -0.15) is 0 Å². The second kappa shape index (κ2) is 13.4. The van der Waals surface area contributed by atoms with E-state index in [1.807, 2.05) is 24.3 Å². The molecule has 2 aliphatic rings. The molecule has 0 unspecified atom stereocenters. The molecule has 0 saturated heterocycles. The van der Waals surface area contributed by atoms with Crippen molar-refractivity contribution in [1.82, 2.24) is 0 Å². The lowest BCUT2D eigenvalue weighted by molar-refractivity contribution is 0.163. The minimum Gasteiger partial charge on any atom is -0.472 e. The monoisotopic (exact) mass is 730 g/mol. The molecule has 0 aromatic heterocycles. The van der Waals surface area contributed by atoms with Crippen molar-refractivity contribution in [3.05, 3.63) is 191 Å². The number of benzene rings is 7. The molecule has 1 heterocycles. The van der Waals surface area contributed by atoms with Crippen LogP contribution < -0.4 is 4.74 Å². The fraction of sp³-hybridized carbons (Fsp3) is 0.125. The first-order valence-corrected chi connectivity index (χ1v) is 19.7. The lowest BCUT2D eigenvalue weighted by Gasteiger charge is -2.39. The summed E-state index contributed by atoms with van der Waals surface area (Å²) in [4.78, 5) is 4.63. The van der Waals surface area contributed by atoms with E-state index in [0.29, 0.717) is 24.0 Å². The molecule has 0 saturated carbocycles. The maximum absolute atomic E-state index is 16.0. The lowest BCUT2D eigenvalue weighted by Crippen LogP contribution is -2.35. The Labute approximate surface area is 317 Å². The van der Waals surface area contributed by atoms with Crippen LogP contribution in [0.3, 0.4) is 0 Å². The van der Waals surface area contributed by atoms with Crippen molar-refractivity contribution >= 4 is 40.4 Å². The van der Waals surface area contributed by atoms with Crippen molar-refractivity contribution in [3.8, 4) is 16.9 Å². The first-order valence-electron chi connectivity index (χ1n) is 18.1. The molecule has 7 aromatic carbocycles. The van der Waals surface area contributed by atoms with Gasteiger partial charge in [-0.25, -0.2) is 8.78 Å². The minimum absolute atomic E-state index is 0.491. The summed E-state index contributed by atoms with van der Waals surface area (Å²) in [5.74, 6) is -0.299. The number of rotatable bonds is 8. The van der Waals surface area contributed by atoms with Crippen molar-refractivity contribution in [2.75, 3.05) is 0 Å². The molecule has 0 N–H and O–H groups in total. The summed E-state index contributed by atoms with van der Waals surface area (Å²) in [5, 5.41) is 1.85. The Morgan fingerprint density at radius 2 is 1.08 bits per heavy atom. The van der Waals surface area contributed by atoms with Crippen molar-refractivity contribution < 1.29 is 13.5 Å². The molecular formula is C48H36F2OS2. The molecule has 0 fully saturated rings. The topological polar surface area (TPSA) is 9.23 Å². The summed E-state index contributed by atoms with van der Waals surface area (Å²) in [6, 6.07) is 48.8. The molecule has 1 aliphatic carbocycles.